The van der Waals surface area contributed by atoms with E-state index in [0.717, 1.165) is 0 Å². The van der Waals surface area contributed by atoms with Gasteiger partial charge in [0.2, 0.25) is 5.79 Å². The number of fused-ring (bicyclic) bond motifs is 1. The first-order chi connectivity index (χ1) is 16.6. The molecule has 1 unspecified atom stereocenters. The molecule has 0 radical (unpaired) electrons. The molecule has 0 aromatic carbocycles. The van der Waals surface area contributed by atoms with Crippen molar-refractivity contribution < 1.29 is 44.0 Å². The monoisotopic (exact) mass is 511 g/mol. The maximum atomic E-state index is 13.7. The van der Waals surface area contributed by atoms with E-state index in [2.05, 4.69) is 6.58 Å². The number of rotatable bonds is 6. The molecule has 1 heterocycles. The first kappa shape index (κ1) is 28.6. The zero-order chi connectivity index (χ0) is 27.1. The molecule has 0 spiro atoms. The standard InChI is InChI=1S/C26H41NO9/c1-7-15(2)13-19(29)26(33)16(3)14-17(28)20-23(4,5)10-11-25(32,24(20,26)6)35-22(31)27-36-21(30)18-9-8-12-34-18/h7,15-18,20,28,32-33H,1,8-14H2,2-6H3,(H,27,31)/t15-,16+,17+,18?,20+,24-,25+,26-/m1/s1. The number of Topliss-reactive ketones (excluding diaryl/α,β-unsaturated/α-hetero) is 1. The molecule has 0 aromatic rings. The Hall–Kier alpha value is -2.01. The highest BCUT2D eigenvalue weighted by molar-refractivity contribution is 5.89. The van der Waals surface area contributed by atoms with E-state index in [0.29, 0.717) is 25.9 Å². The topological polar surface area (TPSA) is 152 Å². The van der Waals surface area contributed by atoms with Crippen molar-refractivity contribution in [1.29, 1.82) is 0 Å². The number of hydrogen-bond acceptors (Lipinski definition) is 9. The summed E-state index contributed by atoms with van der Waals surface area (Å²) >= 11 is 0. The van der Waals surface area contributed by atoms with Gasteiger partial charge in [0.1, 0.15) is 5.60 Å². The molecule has 1 saturated heterocycles. The van der Waals surface area contributed by atoms with Crippen LogP contribution in [-0.4, -0.2) is 63.4 Å². The van der Waals surface area contributed by atoms with E-state index in [9.17, 15) is 29.7 Å². The van der Waals surface area contributed by atoms with Crippen LogP contribution < -0.4 is 5.48 Å². The summed E-state index contributed by atoms with van der Waals surface area (Å²) in [5, 5.41) is 35.3. The zero-order valence-electron chi connectivity index (χ0n) is 21.9. The molecule has 204 valence electrons. The number of ketones is 1. The van der Waals surface area contributed by atoms with Crippen molar-refractivity contribution in [3.8, 4) is 0 Å². The number of allylic oxidation sites excluding steroid dienone is 1. The van der Waals surface area contributed by atoms with Crippen LogP contribution in [0.2, 0.25) is 0 Å². The number of carbonyl (C=O) groups excluding carboxylic acids is 3. The Balaban J connectivity index is 1.96. The molecule has 10 heteroatoms. The van der Waals surface area contributed by atoms with Gasteiger partial charge in [-0.2, -0.15) is 0 Å². The number of hydroxylamine groups is 1. The van der Waals surface area contributed by atoms with Crippen LogP contribution in [0.4, 0.5) is 4.79 Å². The summed E-state index contributed by atoms with van der Waals surface area (Å²) in [6.07, 6.45) is 0.0604. The molecule has 1 amide bonds. The van der Waals surface area contributed by atoms with Crippen molar-refractivity contribution in [1.82, 2.24) is 5.48 Å². The average Bonchev–Trinajstić information content (AvgIpc) is 3.33. The number of aliphatic hydroxyl groups excluding tert-OH is 1. The van der Waals surface area contributed by atoms with Gasteiger partial charge in [0.15, 0.2) is 11.9 Å². The second-order valence-corrected chi connectivity index (χ2v) is 11.7. The number of carbonyl (C=O) groups is 3. The molecule has 4 N–H and O–H groups in total. The number of amides is 1. The second kappa shape index (κ2) is 10.0. The van der Waals surface area contributed by atoms with Crippen molar-refractivity contribution >= 4 is 17.8 Å². The maximum absolute atomic E-state index is 13.7. The van der Waals surface area contributed by atoms with Crippen molar-refractivity contribution in [2.24, 2.45) is 28.6 Å². The quantitative estimate of drug-likeness (QED) is 0.239. The van der Waals surface area contributed by atoms with Gasteiger partial charge < -0.3 is 29.6 Å². The Morgan fingerprint density at radius 2 is 1.89 bits per heavy atom. The minimum Gasteiger partial charge on any atom is -0.414 e. The van der Waals surface area contributed by atoms with Gasteiger partial charge in [-0.15, -0.1) is 12.1 Å². The fourth-order valence-corrected chi connectivity index (χ4v) is 6.90. The number of ether oxygens (including phenoxy) is 2. The SMILES string of the molecule is C=C[C@@H](C)CC(=O)[C@]1(O)[C@@H](C)C[C@H](O)[C@H]2C(C)(C)CC[C@](O)(OC(=O)NOC(=O)C3CCCO3)[C@@]21C. The Kier molecular flexibility index (Phi) is 7.96. The molecule has 0 bridgehead atoms. The van der Waals surface area contributed by atoms with Crippen LogP contribution in [0.1, 0.15) is 73.1 Å². The van der Waals surface area contributed by atoms with Crippen LogP contribution in [0.25, 0.3) is 0 Å². The molecule has 2 saturated carbocycles. The number of nitrogens with one attached hydrogen (secondary N) is 1. The first-order valence-electron chi connectivity index (χ1n) is 12.7. The van der Waals surface area contributed by atoms with Gasteiger partial charge in [-0.05, 0) is 49.9 Å². The predicted octanol–water partition coefficient (Wildman–Crippen LogP) is 2.39. The Bertz CT molecular complexity index is 885. The van der Waals surface area contributed by atoms with E-state index < -0.39 is 64.1 Å². The lowest BCUT2D eigenvalue weighted by atomic mass is 9.41. The summed E-state index contributed by atoms with van der Waals surface area (Å²) in [5.41, 5.74) is -2.63. The van der Waals surface area contributed by atoms with E-state index in [4.69, 9.17) is 14.3 Å². The summed E-state index contributed by atoms with van der Waals surface area (Å²) in [6.45, 7) is 12.9. The van der Waals surface area contributed by atoms with Gasteiger partial charge in [0, 0.05) is 25.4 Å². The Labute approximate surface area is 212 Å². The summed E-state index contributed by atoms with van der Waals surface area (Å²) in [7, 11) is 0. The molecular formula is C26H41NO9. The summed E-state index contributed by atoms with van der Waals surface area (Å²) in [6, 6.07) is 0. The van der Waals surface area contributed by atoms with E-state index in [1.54, 1.807) is 19.9 Å². The van der Waals surface area contributed by atoms with Crippen molar-refractivity contribution in [3.05, 3.63) is 12.7 Å². The molecule has 0 aromatic heterocycles. The molecule has 3 aliphatic rings. The third kappa shape index (κ3) is 4.57. The first-order valence-corrected chi connectivity index (χ1v) is 12.7. The normalized spacial score (nSPS) is 40.4. The zero-order valence-corrected chi connectivity index (χ0v) is 21.9. The highest BCUT2D eigenvalue weighted by Gasteiger charge is 2.76. The van der Waals surface area contributed by atoms with Gasteiger partial charge in [-0.25, -0.2) is 9.59 Å². The molecule has 1 aliphatic heterocycles. The van der Waals surface area contributed by atoms with E-state index in [1.165, 1.54) is 6.92 Å². The summed E-state index contributed by atoms with van der Waals surface area (Å²) in [5.74, 6) is -5.46. The van der Waals surface area contributed by atoms with Gasteiger partial charge in [-0.3, -0.25) is 4.79 Å². The number of aliphatic hydroxyl groups is 3. The Morgan fingerprint density at radius 1 is 1.22 bits per heavy atom. The largest absolute Gasteiger partial charge is 0.443 e. The van der Waals surface area contributed by atoms with Crippen molar-refractivity contribution in [3.63, 3.8) is 0 Å². The number of hydrogen-bond donors (Lipinski definition) is 4. The van der Waals surface area contributed by atoms with Crippen LogP contribution in [0.5, 0.6) is 0 Å². The minimum absolute atomic E-state index is 0.0373. The highest BCUT2D eigenvalue weighted by Crippen LogP contribution is 2.66. The molecule has 10 nitrogen and oxygen atoms in total. The third-order valence-corrected chi connectivity index (χ3v) is 8.89. The van der Waals surface area contributed by atoms with Gasteiger partial charge in [0.25, 0.3) is 0 Å². The van der Waals surface area contributed by atoms with Gasteiger partial charge in [-0.1, -0.05) is 33.8 Å². The van der Waals surface area contributed by atoms with E-state index in [1.807, 2.05) is 19.3 Å². The van der Waals surface area contributed by atoms with E-state index >= 15 is 0 Å². The summed E-state index contributed by atoms with van der Waals surface area (Å²) < 4.78 is 10.7. The van der Waals surface area contributed by atoms with Crippen LogP contribution in [0.3, 0.4) is 0 Å². The summed E-state index contributed by atoms with van der Waals surface area (Å²) in [4.78, 5) is 43.3. The van der Waals surface area contributed by atoms with Gasteiger partial charge in [0.05, 0.1) is 11.5 Å². The molecule has 3 rings (SSSR count). The Morgan fingerprint density at radius 3 is 2.47 bits per heavy atom. The molecule has 3 fully saturated rings. The van der Waals surface area contributed by atoms with Crippen LogP contribution in [0, 0.1) is 28.6 Å². The molecule has 2 aliphatic carbocycles. The van der Waals surface area contributed by atoms with Crippen LogP contribution in [0.15, 0.2) is 12.7 Å². The predicted molar refractivity (Wildman–Crippen MR) is 128 cm³/mol. The van der Waals surface area contributed by atoms with Crippen LogP contribution in [-0.2, 0) is 23.9 Å². The lowest BCUT2D eigenvalue weighted by Gasteiger charge is -2.67. The fraction of sp³-hybridized carbons (Fsp3) is 0.808. The lowest BCUT2D eigenvalue weighted by molar-refractivity contribution is -0.362. The highest BCUT2D eigenvalue weighted by atomic mass is 16.8. The smallest absolute Gasteiger partial charge is 0.414 e. The van der Waals surface area contributed by atoms with E-state index in [-0.39, 0.29) is 25.2 Å². The third-order valence-electron chi connectivity index (χ3n) is 8.89. The molecular weight excluding hydrogens is 470 g/mol. The molecule has 8 atom stereocenters. The van der Waals surface area contributed by atoms with Crippen molar-refractivity contribution in [2.45, 2.75) is 96.7 Å². The van der Waals surface area contributed by atoms with Crippen LogP contribution >= 0.6 is 0 Å². The van der Waals surface area contributed by atoms with Gasteiger partial charge >= 0.3 is 12.1 Å². The van der Waals surface area contributed by atoms with Crippen molar-refractivity contribution in [2.75, 3.05) is 6.61 Å². The molecule has 36 heavy (non-hydrogen) atoms. The average molecular weight is 512 g/mol. The second-order valence-electron chi connectivity index (χ2n) is 11.7. The maximum Gasteiger partial charge on any atom is 0.443 e. The minimum atomic E-state index is -2.36. The fourth-order valence-electron chi connectivity index (χ4n) is 6.90. The lowest BCUT2D eigenvalue weighted by Crippen LogP contribution is -2.78.